The van der Waals surface area contributed by atoms with Gasteiger partial charge in [0.05, 0.1) is 19.3 Å². The first kappa shape index (κ1) is 32.5. The van der Waals surface area contributed by atoms with Crippen LogP contribution in [0.3, 0.4) is 0 Å². The van der Waals surface area contributed by atoms with E-state index in [0.717, 1.165) is 0 Å². The summed E-state index contributed by atoms with van der Waals surface area (Å²) in [6.45, 7) is 0.0753. The van der Waals surface area contributed by atoms with E-state index in [4.69, 9.17) is 21.7 Å². The van der Waals surface area contributed by atoms with Crippen molar-refractivity contribution in [3.05, 3.63) is 0 Å². The summed E-state index contributed by atoms with van der Waals surface area (Å²) < 4.78 is 0. The Morgan fingerprint density at radius 3 is 1.86 bits per heavy atom. The first-order valence-corrected chi connectivity index (χ1v) is 12.5. The summed E-state index contributed by atoms with van der Waals surface area (Å²) >= 11 is 1.44. The lowest BCUT2D eigenvalue weighted by atomic mass is 10.1. The number of carboxylic acids is 1. The predicted octanol–water partition coefficient (Wildman–Crippen LogP) is -3.78. The second-order valence-corrected chi connectivity index (χ2v) is 8.78. The number of hydrogen-bond donors (Lipinski definition) is 9. The smallest absolute Gasteiger partial charge is 0.328 e. The Kier molecular flexibility index (Phi) is 16.6. The molecular formula is C20H38N6O8S. The number of amides is 4. The zero-order chi connectivity index (χ0) is 27.0. The number of nitrogens with two attached hydrogens (primary N) is 2. The molecular weight excluding hydrogens is 484 g/mol. The number of carboxylic acid groups (broad SMARTS) is 1. The van der Waals surface area contributed by atoms with E-state index in [1.807, 2.05) is 11.6 Å². The van der Waals surface area contributed by atoms with Gasteiger partial charge in [-0.25, -0.2) is 4.79 Å². The molecule has 4 amide bonds. The van der Waals surface area contributed by atoms with Crippen LogP contribution in [0.4, 0.5) is 0 Å². The SMILES string of the molecule is CSCC[C@H](NC(=O)[C@@H](N)CCCCN)C(=O)N[C@@H](CO)C(=O)N[C@@H](C)C(=O)N[C@@H](CO)C(=O)O. The average Bonchev–Trinajstić information content (AvgIpc) is 2.82. The van der Waals surface area contributed by atoms with Crippen molar-refractivity contribution in [3.8, 4) is 0 Å². The third-order valence-electron chi connectivity index (χ3n) is 4.91. The van der Waals surface area contributed by atoms with Crippen LogP contribution in [-0.2, 0) is 24.0 Å². The summed E-state index contributed by atoms with van der Waals surface area (Å²) in [7, 11) is 0. The maximum Gasteiger partial charge on any atom is 0.328 e. The first-order chi connectivity index (χ1) is 16.5. The topological polar surface area (TPSA) is 246 Å². The van der Waals surface area contributed by atoms with E-state index in [-0.39, 0.29) is 6.42 Å². The Labute approximate surface area is 208 Å². The van der Waals surface area contributed by atoms with Crippen molar-refractivity contribution < 1.29 is 39.3 Å². The molecule has 14 nitrogen and oxygen atoms in total. The van der Waals surface area contributed by atoms with Gasteiger partial charge in [0.2, 0.25) is 23.6 Å². The van der Waals surface area contributed by atoms with Gasteiger partial charge in [-0.1, -0.05) is 6.42 Å². The molecule has 35 heavy (non-hydrogen) atoms. The number of aliphatic hydroxyl groups is 2. The molecule has 15 heteroatoms. The molecule has 0 unspecified atom stereocenters. The van der Waals surface area contributed by atoms with Gasteiger partial charge in [0.25, 0.3) is 0 Å². The third kappa shape index (κ3) is 12.7. The Morgan fingerprint density at radius 2 is 1.34 bits per heavy atom. The van der Waals surface area contributed by atoms with Gasteiger partial charge in [0.15, 0.2) is 0 Å². The van der Waals surface area contributed by atoms with Gasteiger partial charge < -0.3 is 48.1 Å². The van der Waals surface area contributed by atoms with Crippen LogP contribution < -0.4 is 32.7 Å². The average molecular weight is 523 g/mol. The van der Waals surface area contributed by atoms with E-state index >= 15 is 0 Å². The number of unbranched alkanes of at least 4 members (excludes halogenated alkanes) is 1. The quantitative estimate of drug-likeness (QED) is 0.0790. The van der Waals surface area contributed by atoms with Crippen molar-refractivity contribution in [2.45, 2.75) is 62.8 Å². The van der Waals surface area contributed by atoms with Crippen LogP contribution in [0.1, 0.15) is 32.6 Å². The summed E-state index contributed by atoms with van der Waals surface area (Å²) in [5.41, 5.74) is 11.3. The van der Waals surface area contributed by atoms with E-state index in [0.29, 0.717) is 31.6 Å². The van der Waals surface area contributed by atoms with Crippen molar-refractivity contribution in [1.82, 2.24) is 21.3 Å². The van der Waals surface area contributed by atoms with Gasteiger partial charge in [0.1, 0.15) is 24.2 Å². The van der Waals surface area contributed by atoms with Crippen LogP contribution in [0.15, 0.2) is 0 Å². The molecule has 0 heterocycles. The summed E-state index contributed by atoms with van der Waals surface area (Å²) in [6, 6.07) is -6.09. The number of aliphatic hydroxyl groups excluding tert-OH is 2. The zero-order valence-corrected chi connectivity index (χ0v) is 20.8. The third-order valence-corrected chi connectivity index (χ3v) is 5.56. The number of carbonyl (C=O) groups excluding carboxylic acids is 4. The number of carbonyl (C=O) groups is 5. The second kappa shape index (κ2) is 17.9. The summed E-state index contributed by atoms with van der Waals surface area (Å²) in [6.07, 6.45) is 3.80. The largest absolute Gasteiger partial charge is 0.480 e. The van der Waals surface area contributed by atoms with Crippen molar-refractivity contribution in [3.63, 3.8) is 0 Å². The Morgan fingerprint density at radius 1 is 0.800 bits per heavy atom. The highest BCUT2D eigenvalue weighted by atomic mass is 32.2. The molecule has 0 aromatic rings. The molecule has 11 N–H and O–H groups in total. The highest BCUT2D eigenvalue weighted by Crippen LogP contribution is 2.04. The molecule has 0 aliphatic rings. The Hall–Kier alpha value is -2.46. The molecule has 0 aliphatic heterocycles. The molecule has 0 bridgehead atoms. The van der Waals surface area contributed by atoms with Crippen LogP contribution in [0, 0.1) is 0 Å². The second-order valence-electron chi connectivity index (χ2n) is 7.79. The van der Waals surface area contributed by atoms with E-state index < -0.39 is 73.0 Å². The van der Waals surface area contributed by atoms with Gasteiger partial charge in [-0.15, -0.1) is 0 Å². The molecule has 0 saturated heterocycles. The standard InChI is InChI=1S/C20H38N6O8S/c1-11(16(29)26-15(10-28)20(33)34)23-19(32)14(9-27)25-18(31)13(6-8-35-2)24-17(30)12(22)5-3-4-7-21/h11-15,27-28H,3-10,21-22H2,1-2H3,(H,23,32)(H,24,30)(H,25,31)(H,26,29)(H,33,34)/t11-,12-,13-,14-,15-/m0/s1. The fourth-order valence-electron chi connectivity index (χ4n) is 2.75. The minimum atomic E-state index is -1.56. The van der Waals surface area contributed by atoms with Crippen LogP contribution >= 0.6 is 11.8 Å². The van der Waals surface area contributed by atoms with Gasteiger partial charge in [-0.3, -0.25) is 19.2 Å². The van der Waals surface area contributed by atoms with E-state index in [9.17, 15) is 29.1 Å². The molecule has 0 aromatic carbocycles. The minimum absolute atomic E-state index is 0.241. The van der Waals surface area contributed by atoms with Gasteiger partial charge >= 0.3 is 5.97 Å². The number of thioether (sulfide) groups is 1. The fraction of sp³-hybridized carbons (Fsp3) is 0.750. The maximum absolute atomic E-state index is 12.8. The summed E-state index contributed by atoms with van der Waals surface area (Å²) in [4.78, 5) is 60.6. The van der Waals surface area contributed by atoms with E-state index in [1.54, 1.807) is 0 Å². The lowest BCUT2D eigenvalue weighted by Gasteiger charge is -2.24. The molecule has 0 aliphatic carbocycles. The number of rotatable bonds is 18. The number of aliphatic carboxylic acids is 1. The Bertz CT molecular complexity index is 713. The Balaban J connectivity index is 5.09. The fourth-order valence-corrected chi connectivity index (χ4v) is 3.22. The lowest BCUT2D eigenvalue weighted by molar-refractivity contribution is -0.143. The van der Waals surface area contributed by atoms with Gasteiger partial charge in [0, 0.05) is 0 Å². The predicted molar refractivity (Wildman–Crippen MR) is 129 cm³/mol. The molecule has 0 saturated carbocycles. The van der Waals surface area contributed by atoms with Crippen LogP contribution in [-0.4, -0.2) is 107 Å². The summed E-state index contributed by atoms with van der Waals surface area (Å²) in [5, 5.41) is 36.7. The molecule has 202 valence electrons. The normalized spacial score (nSPS) is 15.1. The van der Waals surface area contributed by atoms with Gasteiger partial charge in [-0.2, -0.15) is 11.8 Å². The highest BCUT2D eigenvalue weighted by Gasteiger charge is 2.29. The van der Waals surface area contributed by atoms with Crippen LogP contribution in [0.25, 0.3) is 0 Å². The van der Waals surface area contributed by atoms with Gasteiger partial charge in [-0.05, 0) is 44.7 Å². The first-order valence-electron chi connectivity index (χ1n) is 11.1. The maximum atomic E-state index is 12.8. The molecule has 0 aromatic heterocycles. The van der Waals surface area contributed by atoms with Crippen molar-refractivity contribution >= 4 is 41.4 Å². The van der Waals surface area contributed by atoms with Crippen LogP contribution in [0.5, 0.6) is 0 Å². The monoisotopic (exact) mass is 522 g/mol. The number of hydrogen-bond acceptors (Lipinski definition) is 10. The molecule has 0 fully saturated rings. The van der Waals surface area contributed by atoms with E-state index in [1.165, 1.54) is 18.7 Å². The zero-order valence-electron chi connectivity index (χ0n) is 20.0. The highest BCUT2D eigenvalue weighted by molar-refractivity contribution is 7.98. The molecule has 0 radical (unpaired) electrons. The van der Waals surface area contributed by atoms with Crippen LogP contribution in [0.2, 0.25) is 0 Å². The molecule has 0 rings (SSSR count). The van der Waals surface area contributed by atoms with Crippen molar-refractivity contribution in [2.24, 2.45) is 11.5 Å². The molecule has 5 atom stereocenters. The lowest BCUT2D eigenvalue weighted by Crippen LogP contribution is -2.59. The summed E-state index contributed by atoms with van der Waals surface area (Å²) in [5.74, 6) is -4.00. The minimum Gasteiger partial charge on any atom is -0.480 e. The molecule has 0 spiro atoms. The van der Waals surface area contributed by atoms with Crippen molar-refractivity contribution in [1.29, 1.82) is 0 Å². The van der Waals surface area contributed by atoms with Crippen molar-refractivity contribution in [2.75, 3.05) is 31.8 Å². The van der Waals surface area contributed by atoms with E-state index in [2.05, 4.69) is 16.0 Å². The number of nitrogens with one attached hydrogen (secondary N) is 4.